The summed E-state index contributed by atoms with van der Waals surface area (Å²) >= 11 is 6.15. The van der Waals surface area contributed by atoms with Gasteiger partial charge in [-0.2, -0.15) is 0 Å². The summed E-state index contributed by atoms with van der Waals surface area (Å²) in [5.74, 6) is -0.957. The predicted octanol–water partition coefficient (Wildman–Crippen LogP) is 3.80. The average molecular weight is 498 g/mol. The molecule has 0 saturated heterocycles. The van der Waals surface area contributed by atoms with Gasteiger partial charge in [-0.25, -0.2) is 0 Å². The van der Waals surface area contributed by atoms with E-state index >= 15 is 0 Å². The van der Waals surface area contributed by atoms with Gasteiger partial charge in [0.05, 0.1) is 18.4 Å². The molecule has 3 aromatic carbocycles. The SMILES string of the molecule is COc1cccc(CNc2ccc(Cl)cc2C(=O)Nc2ccc(/C(N)=N/O)cc2)c1NCC(=O)O. The predicted molar refractivity (Wildman–Crippen MR) is 135 cm³/mol. The Hall–Kier alpha value is -4.44. The maximum absolute atomic E-state index is 13.0. The van der Waals surface area contributed by atoms with Gasteiger partial charge >= 0.3 is 5.97 Å². The smallest absolute Gasteiger partial charge is 0.322 e. The Bertz CT molecular complexity index is 1250. The summed E-state index contributed by atoms with van der Waals surface area (Å²) in [6.07, 6.45) is 0. The number of halogens is 1. The molecule has 0 heterocycles. The molecule has 0 aliphatic rings. The lowest BCUT2D eigenvalue weighted by atomic mass is 10.1. The van der Waals surface area contributed by atoms with Crippen LogP contribution < -0.4 is 26.4 Å². The number of oxime groups is 1. The zero-order valence-corrected chi connectivity index (χ0v) is 19.5. The quantitative estimate of drug-likeness (QED) is 0.107. The van der Waals surface area contributed by atoms with Gasteiger partial charge in [-0.3, -0.25) is 9.59 Å². The Balaban J connectivity index is 1.80. The molecular weight excluding hydrogens is 474 g/mol. The third-order valence-corrected chi connectivity index (χ3v) is 5.23. The van der Waals surface area contributed by atoms with E-state index in [0.717, 1.165) is 5.56 Å². The number of nitrogens with zero attached hydrogens (tertiary/aromatic N) is 1. The minimum absolute atomic E-state index is 0.0426. The third-order valence-electron chi connectivity index (χ3n) is 4.99. The van der Waals surface area contributed by atoms with Crippen molar-refractivity contribution in [1.29, 1.82) is 0 Å². The van der Waals surface area contributed by atoms with Crippen molar-refractivity contribution >= 4 is 46.4 Å². The number of nitrogens with two attached hydrogens (primary N) is 1. The van der Waals surface area contributed by atoms with E-state index in [1.807, 2.05) is 6.07 Å². The molecule has 7 N–H and O–H groups in total. The molecule has 0 bridgehead atoms. The number of carbonyl (C=O) groups is 2. The zero-order chi connectivity index (χ0) is 25.4. The second kappa shape index (κ2) is 11.6. The molecule has 0 radical (unpaired) electrons. The van der Waals surface area contributed by atoms with Gasteiger partial charge in [-0.15, -0.1) is 0 Å². The van der Waals surface area contributed by atoms with Gasteiger partial charge in [0.2, 0.25) is 0 Å². The van der Waals surface area contributed by atoms with Crippen molar-refractivity contribution in [1.82, 2.24) is 0 Å². The molecule has 3 aromatic rings. The van der Waals surface area contributed by atoms with Crippen LogP contribution in [0.15, 0.2) is 65.8 Å². The highest BCUT2D eigenvalue weighted by atomic mass is 35.5. The molecule has 0 atom stereocenters. The first-order valence-electron chi connectivity index (χ1n) is 10.4. The van der Waals surface area contributed by atoms with E-state index in [9.17, 15) is 9.59 Å². The van der Waals surface area contributed by atoms with Crippen molar-refractivity contribution in [2.75, 3.05) is 29.6 Å². The Kier molecular flexibility index (Phi) is 8.36. The molecule has 0 spiro atoms. The Labute approximate surface area is 206 Å². The molecular formula is C24H24ClN5O5. The largest absolute Gasteiger partial charge is 0.495 e. The molecule has 0 aromatic heterocycles. The van der Waals surface area contributed by atoms with E-state index in [-0.39, 0.29) is 18.9 Å². The van der Waals surface area contributed by atoms with Crippen molar-refractivity contribution in [2.24, 2.45) is 10.9 Å². The highest BCUT2D eigenvalue weighted by molar-refractivity contribution is 6.31. The molecule has 0 aliphatic carbocycles. The summed E-state index contributed by atoms with van der Waals surface area (Å²) < 4.78 is 5.35. The van der Waals surface area contributed by atoms with Crippen LogP contribution in [0.2, 0.25) is 5.02 Å². The van der Waals surface area contributed by atoms with Crippen LogP contribution in [-0.4, -0.2) is 41.7 Å². The second-order valence-electron chi connectivity index (χ2n) is 7.30. The summed E-state index contributed by atoms with van der Waals surface area (Å²) in [4.78, 5) is 24.1. The summed E-state index contributed by atoms with van der Waals surface area (Å²) in [6, 6.07) is 16.7. The fraction of sp³-hybridized carbons (Fsp3) is 0.125. The minimum atomic E-state index is -1.01. The number of amidine groups is 1. The first kappa shape index (κ1) is 25.2. The number of benzene rings is 3. The molecule has 0 fully saturated rings. The second-order valence-corrected chi connectivity index (χ2v) is 7.74. The summed E-state index contributed by atoms with van der Waals surface area (Å²) in [5.41, 5.74) is 8.68. The summed E-state index contributed by atoms with van der Waals surface area (Å²) in [5, 5.41) is 30.0. The van der Waals surface area contributed by atoms with Crippen molar-refractivity contribution in [3.05, 3.63) is 82.4 Å². The first-order valence-corrected chi connectivity index (χ1v) is 10.7. The van der Waals surface area contributed by atoms with Crippen molar-refractivity contribution in [3.8, 4) is 5.75 Å². The van der Waals surface area contributed by atoms with Gasteiger partial charge in [0.1, 0.15) is 12.3 Å². The number of para-hydroxylation sites is 1. The van der Waals surface area contributed by atoms with Crippen LogP contribution in [0.4, 0.5) is 17.1 Å². The van der Waals surface area contributed by atoms with Gasteiger partial charge < -0.3 is 36.7 Å². The molecule has 3 rings (SSSR count). The molecule has 10 nitrogen and oxygen atoms in total. The number of aliphatic carboxylic acids is 1. The first-order chi connectivity index (χ1) is 16.8. The number of carboxylic acids is 1. The number of hydrogen-bond acceptors (Lipinski definition) is 7. The zero-order valence-electron chi connectivity index (χ0n) is 18.7. The fourth-order valence-electron chi connectivity index (χ4n) is 3.29. The van der Waals surface area contributed by atoms with Crippen LogP contribution >= 0.6 is 11.6 Å². The van der Waals surface area contributed by atoms with Crippen LogP contribution in [0, 0.1) is 0 Å². The van der Waals surface area contributed by atoms with Crippen molar-refractivity contribution < 1.29 is 24.6 Å². The molecule has 1 amide bonds. The maximum atomic E-state index is 13.0. The Morgan fingerprint density at radius 2 is 1.83 bits per heavy atom. The Morgan fingerprint density at radius 1 is 1.09 bits per heavy atom. The number of amides is 1. The minimum Gasteiger partial charge on any atom is -0.495 e. The average Bonchev–Trinajstić information content (AvgIpc) is 2.86. The number of methoxy groups -OCH3 is 1. The maximum Gasteiger partial charge on any atom is 0.322 e. The summed E-state index contributed by atoms with van der Waals surface area (Å²) in [6.45, 7) is -0.00783. The standard InChI is InChI=1S/C24H24ClN5O5/c1-35-20-4-2-3-15(22(20)28-13-21(31)32)12-27-19-10-7-16(25)11-18(19)24(33)29-17-8-5-14(6-9-17)23(26)30-34/h2-11,27-28,34H,12-13H2,1H3,(H2,26,30)(H,29,33)(H,31,32). The van der Waals surface area contributed by atoms with Gasteiger partial charge in [-0.05, 0) is 54.1 Å². The third kappa shape index (κ3) is 6.55. The normalized spacial score (nSPS) is 11.0. The number of carbonyl (C=O) groups excluding carboxylic acids is 1. The van der Waals surface area contributed by atoms with E-state index in [2.05, 4.69) is 21.1 Å². The molecule has 0 saturated carbocycles. The molecule has 0 unspecified atom stereocenters. The van der Waals surface area contributed by atoms with Crippen LogP contribution in [0.3, 0.4) is 0 Å². The number of hydrogen-bond donors (Lipinski definition) is 6. The fourth-order valence-corrected chi connectivity index (χ4v) is 3.46. The molecule has 35 heavy (non-hydrogen) atoms. The van der Waals surface area contributed by atoms with Crippen molar-refractivity contribution in [3.63, 3.8) is 0 Å². The molecule has 182 valence electrons. The van der Waals surface area contributed by atoms with Crippen LogP contribution in [0.25, 0.3) is 0 Å². The Morgan fingerprint density at radius 3 is 2.49 bits per heavy atom. The lowest BCUT2D eigenvalue weighted by Gasteiger charge is -2.17. The number of nitrogens with one attached hydrogen (secondary N) is 3. The van der Waals surface area contributed by atoms with E-state index < -0.39 is 11.9 Å². The van der Waals surface area contributed by atoms with Gasteiger partial charge in [0.25, 0.3) is 5.91 Å². The monoisotopic (exact) mass is 497 g/mol. The number of carboxylic acid groups (broad SMARTS) is 1. The van der Waals surface area contributed by atoms with Gasteiger partial charge in [0, 0.05) is 28.5 Å². The highest BCUT2D eigenvalue weighted by Crippen LogP contribution is 2.30. The van der Waals surface area contributed by atoms with E-state index in [4.69, 9.17) is 32.4 Å². The van der Waals surface area contributed by atoms with Crippen LogP contribution in [0.5, 0.6) is 5.75 Å². The highest BCUT2D eigenvalue weighted by Gasteiger charge is 2.15. The lowest BCUT2D eigenvalue weighted by molar-refractivity contribution is -0.134. The van der Waals surface area contributed by atoms with Gasteiger partial charge in [0.15, 0.2) is 5.84 Å². The summed E-state index contributed by atoms with van der Waals surface area (Å²) in [7, 11) is 1.50. The van der Waals surface area contributed by atoms with Crippen molar-refractivity contribution in [2.45, 2.75) is 6.54 Å². The van der Waals surface area contributed by atoms with Crippen LogP contribution in [0.1, 0.15) is 21.5 Å². The molecule has 11 heteroatoms. The van der Waals surface area contributed by atoms with E-state index in [1.54, 1.807) is 54.6 Å². The lowest BCUT2D eigenvalue weighted by Crippen LogP contribution is -2.17. The van der Waals surface area contributed by atoms with E-state index in [1.165, 1.54) is 7.11 Å². The number of anilines is 3. The molecule has 0 aliphatic heterocycles. The topological polar surface area (TPSA) is 158 Å². The van der Waals surface area contributed by atoms with Gasteiger partial charge in [-0.1, -0.05) is 28.9 Å². The number of rotatable bonds is 10. The van der Waals surface area contributed by atoms with Crippen LogP contribution in [-0.2, 0) is 11.3 Å². The number of ether oxygens (including phenoxy) is 1. The van der Waals surface area contributed by atoms with E-state index in [0.29, 0.717) is 39.0 Å².